The lowest BCUT2D eigenvalue weighted by atomic mass is 9.90. The number of furan rings is 1. The highest BCUT2D eigenvalue weighted by Crippen LogP contribution is 2.32. The van der Waals surface area contributed by atoms with Gasteiger partial charge in [0.05, 0.1) is 18.2 Å². The molecule has 0 unspecified atom stereocenters. The molecule has 5 aromatic rings. The Morgan fingerprint density at radius 2 is 1.70 bits per heavy atom. The molecule has 12 nitrogen and oxygen atoms in total. The van der Waals surface area contributed by atoms with Crippen LogP contribution in [0.4, 0.5) is 29.2 Å². The van der Waals surface area contributed by atoms with Gasteiger partial charge in [0.15, 0.2) is 0 Å². The molecular formula is C35H36N8O4. The molecule has 47 heavy (non-hydrogen) atoms. The van der Waals surface area contributed by atoms with Gasteiger partial charge in [-0.25, -0.2) is 5.43 Å². The number of benzene rings is 3. The van der Waals surface area contributed by atoms with Gasteiger partial charge in [-0.05, 0) is 92.6 Å². The monoisotopic (exact) mass is 632 g/mol. The minimum Gasteiger partial charge on any atom is -0.497 e. The number of nitrogens with one attached hydrogen (secondary N) is 2. The SMILES string of the molecule is COc1ccc(Nc2nc(NN=Cc3ccc(-c4ccc([N+](=O)[O-])c(C)c4C)o3)nc(N3CCC(Cc4ccccc4)CC3)n2)cc1. The highest BCUT2D eigenvalue weighted by molar-refractivity contribution is 5.78. The van der Waals surface area contributed by atoms with Crippen molar-refractivity contribution in [2.24, 2.45) is 11.0 Å². The second-order valence-electron chi connectivity index (χ2n) is 11.5. The summed E-state index contributed by atoms with van der Waals surface area (Å²) in [5, 5.41) is 18.9. The van der Waals surface area contributed by atoms with Crippen LogP contribution in [0.5, 0.6) is 5.75 Å². The summed E-state index contributed by atoms with van der Waals surface area (Å²) in [6, 6.07) is 24.9. The molecule has 1 fully saturated rings. The molecule has 0 radical (unpaired) electrons. The number of aromatic nitrogens is 3. The lowest BCUT2D eigenvalue weighted by Crippen LogP contribution is -2.35. The normalized spacial score (nSPS) is 13.6. The Morgan fingerprint density at radius 3 is 2.43 bits per heavy atom. The number of hydrogen-bond donors (Lipinski definition) is 2. The molecule has 12 heteroatoms. The first-order valence-electron chi connectivity index (χ1n) is 15.5. The molecule has 0 spiro atoms. The number of hydrogen-bond acceptors (Lipinski definition) is 11. The van der Waals surface area contributed by atoms with Gasteiger partial charge in [-0.1, -0.05) is 30.3 Å². The van der Waals surface area contributed by atoms with Crippen LogP contribution in [0.1, 0.15) is 35.3 Å². The van der Waals surface area contributed by atoms with Crippen molar-refractivity contribution in [3.8, 4) is 17.1 Å². The van der Waals surface area contributed by atoms with Gasteiger partial charge in [0, 0.05) is 36.0 Å². The summed E-state index contributed by atoms with van der Waals surface area (Å²) in [6.45, 7) is 5.25. The maximum Gasteiger partial charge on any atom is 0.272 e. The molecule has 2 aromatic heterocycles. The number of nitro benzene ring substituents is 1. The molecule has 3 heterocycles. The van der Waals surface area contributed by atoms with Gasteiger partial charge in [-0.15, -0.1) is 0 Å². The van der Waals surface area contributed by atoms with Crippen LogP contribution in [0, 0.1) is 29.9 Å². The number of piperidine rings is 1. The van der Waals surface area contributed by atoms with Gasteiger partial charge in [0.1, 0.15) is 17.3 Å². The number of nitrogens with zero attached hydrogens (tertiary/aromatic N) is 6. The van der Waals surface area contributed by atoms with Gasteiger partial charge in [0.2, 0.25) is 17.8 Å². The van der Waals surface area contributed by atoms with E-state index in [2.05, 4.69) is 56.1 Å². The number of methoxy groups -OCH3 is 1. The lowest BCUT2D eigenvalue weighted by Gasteiger charge is -2.32. The Labute approximate surface area is 272 Å². The molecule has 240 valence electrons. The summed E-state index contributed by atoms with van der Waals surface area (Å²) in [7, 11) is 1.63. The summed E-state index contributed by atoms with van der Waals surface area (Å²) in [5.41, 5.74) is 7.35. The van der Waals surface area contributed by atoms with Crippen LogP contribution in [0.25, 0.3) is 11.3 Å². The van der Waals surface area contributed by atoms with Gasteiger partial charge >= 0.3 is 0 Å². The number of rotatable bonds is 11. The van der Waals surface area contributed by atoms with Crippen LogP contribution in [-0.2, 0) is 6.42 Å². The third-order valence-electron chi connectivity index (χ3n) is 8.44. The van der Waals surface area contributed by atoms with Crippen LogP contribution in [-0.4, -0.2) is 46.3 Å². The average Bonchev–Trinajstić information content (AvgIpc) is 3.55. The Morgan fingerprint density at radius 1 is 0.957 bits per heavy atom. The van der Waals surface area contributed by atoms with E-state index in [4.69, 9.17) is 19.1 Å². The molecule has 1 saturated heterocycles. The number of hydrazone groups is 1. The molecule has 2 N–H and O–H groups in total. The smallest absolute Gasteiger partial charge is 0.272 e. The van der Waals surface area contributed by atoms with E-state index in [1.165, 1.54) is 17.8 Å². The molecule has 0 bridgehead atoms. The number of ether oxygens (including phenoxy) is 1. The Bertz CT molecular complexity index is 1870. The zero-order valence-electron chi connectivity index (χ0n) is 26.5. The van der Waals surface area contributed by atoms with Crippen molar-refractivity contribution in [1.29, 1.82) is 0 Å². The first-order valence-corrected chi connectivity index (χ1v) is 15.5. The third-order valence-corrected chi connectivity index (χ3v) is 8.44. The molecular weight excluding hydrogens is 596 g/mol. The fourth-order valence-electron chi connectivity index (χ4n) is 5.69. The maximum atomic E-state index is 11.3. The van der Waals surface area contributed by atoms with E-state index in [0.717, 1.165) is 54.9 Å². The highest BCUT2D eigenvalue weighted by atomic mass is 16.6. The molecule has 0 atom stereocenters. The van der Waals surface area contributed by atoms with E-state index in [9.17, 15) is 10.1 Å². The van der Waals surface area contributed by atoms with Crippen molar-refractivity contribution in [3.63, 3.8) is 0 Å². The maximum absolute atomic E-state index is 11.3. The van der Waals surface area contributed by atoms with E-state index in [-0.39, 0.29) is 16.6 Å². The second-order valence-corrected chi connectivity index (χ2v) is 11.5. The molecule has 0 saturated carbocycles. The van der Waals surface area contributed by atoms with E-state index >= 15 is 0 Å². The highest BCUT2D eigenvalue weighted by Gasteiger charge is 2.23. The van der Waals surface area contributed by atoms with Gasteiger partial charge in [-0.3, -0.25) is 10.1 Å². The van der Waals surface area contributed by atoms with Crippen molar-refractivity contribution in [2.75, 3.05) is 35.8 Å². The summed E-state index contributed by atoms with van der Waals surface area (Å²) >= 11 is 0. The van der Waals surface area contributed by atoms with Crippen LogP contribution in [0.15, 0.2) is 88.4 Å². The largest absolute Gasteiger partial charge is 0.497 e. The van der Waals surface area contributed by atoms with Crippen LogP contribution in [0.3, 0.4) is 0 Å². The first-order chi connectivity index (χ1) is 22.9. The quantitative estimate of drug-likeness (QED) is 0.0864. The Kier molecular flexibility index (Phi) is 9.37. The molecule has 1 aliphatic rings. The fraction of sp³-hybridized carbons (Fsp3) is 0.257. The molecule has 1 aliphatic heterocycles. The number of anilines is 4. The predicted molar refractivity (Wildman–Crippen MR) is 183 cm³/mol. The minimum absolute atomic E-state index is 0.0814. The zero-order chi connectivity index (χ0) is 32.8. The average molecular weight is 633 g/mol. The summed E-state index contributed by atoms with van der Waals surface area (Å²) in [5.74, 6) is 3.67. The standard InChI is InChI=1S/C35H36N8O4/c1-23-24(2)31(43(44)45)15-14-30(23)32-16-13-29(47-32)22-36-41-34-38-33(37-27-9-11-28(46-3)12-10-27)39-35(40-34)42-19-17-26(18-20-42)21-25-7-5-4-6-8-25/h4-16,22,26H,17-21H2,1-3H3,(H2,37,38,39,40,41). The van der Waals surface area contributed by atoms with E-state index in [0.29, 0.717) is 34.9 Å². The van der Waals surface area contributed by atoms with Crippen LogP contribution in [0.2, 0.25) is 0 Å². The van der Waals surface area contributed by atoms with Crippen molar-refractivity contribution >= 4 is 35.4 Å². The summed E-state index contributed by atoms with van der Waals surface area (Å²) < 4.78 is 11.3. The van der Waals surface area contributed by atoms with Crippen molar-refractivity contribution < 1.29 is 14.1 Å². The predicted octanol–water partition coefficient (Wildman–Crippen LogP) is 7.31. The Hall–Kier alpha value is -5.78. The first kappa shape index (κ1) is 31.2. The second kappa shape index (κ2) is 14.1. The molecule has 0 amide bonds. The van der Waals surface area contributed by atoms with Crippen molar-refractivity contribution in [1.82, 2.24) is 15.0 Å². The third kappa shape index (κ3) is 7.55. The van der Waals surface area contributed by atoms with Crippen molar-refractivity contribution in [3.05, 3.63) is 111 Å². The van der Waals surface area contributed by atoms with E-state index < -0.39 is 0 Å². The van der Waals surface area contributed by atoms with Crippen LogP contribution < -0.4 is 20.4 Å². The van der Waals surface area contributed by atoms with E-state index in [1.54, 1.807) is 26.2 Å². The lowest BCUT2D eigenvalue weighted by molar-refractivity contribution is -0.385. The summed E-state index contributed by atoms with van der Waals surface area (Å²) in [6.07, 6.45) is 4.68. The zero-order valence-corrected chi connectivity index (χ0v) is 26.5. The van der Waals surface area contributed by atoms with Gasteiger partial charge in [-0.2, -0.15) is 20.1 Å². The van der Waals surface area contributed by atoms with Gasteiger partial charge < -0.3 is 19.4 Å². The molecule has 6 rings (SSSR count). The Balaban J connectivity index is 1.18. The number of nitro groups is 1. The minimum atomic E-state index is -0.378. The fourth-order valence-corrected chi connectivity index (χ4v) is 5.69. The van der Waals surface area contributed by atoms with Crippen LogP contribution >= 0.6 is 0 Å². The topological polar surface area (TPSA) is 144 Å². The molecule has 3 aromatic carbocycles. The van der Waals surface area contributed by atoms with Gasteiger partial charge in [0.25, 0.3) is 5.69 Å². The summed E-state index contributed by atoms with van der Waals surface area (Å²) in [4.78, 5) is 27.1. The molecule has 0 aliphatic carbocycles. The van der Waals surface area contributed by atoms with E-state index in [1.807, 2.05) is 37.3 Å². The van der Waals surface area contributed by atoms with Crippen molar-refractivity contribution in [2.45, 2.75) is 33.1 Å².